The maximum Gasteiger partial charge on any atom is 0.360 e. The molecule has 0 bridgehead atoms. The van der Waals surface area contributed by atoms with E-state index in [9.17, 15) is 4.79 Å². The topological polar surface area (TPSA) is 69.5 Å². The quantitative estimate of drug-likeness (QED) is 0.715. The van der Waals surface area contributed by atoms with Crippen LogP contribution < -0.4 is 0 Å². The number of aromatic nitrogens is 3. The van der Waals surface area contributed by atoms with E-state index in [4.69, 9.17) is 9.47 Å². The van der Waals surface area contributed by atoms with Gasteiger partial charge in [0.25, 0.3) is 0 Å². The van der Waals surface area contributed by atoms with Gasteiger partial charge < -0.3 is 14.4 Å². The minimum Gasteiger partial charge on any atom is -0.464 e. The molecule has 1 saturated heterocycles. The van der Waals surface area contributed by atoms with Crippen LogP contribution in [0.25, 0.3) is 0 Å². The Bertz CT molecular complexity index is 441. The van der Waals surface area contributed by atoms with Crippen LogP contribution in [0.3, 0.4) is 0 Å². The van der Waals surface area contributed by atoms with Crippen molar-refractivity contribution in [2.45, 2.75) is 32.4 Å². The Kier molecular flexibility index (Phi) is 5.49. The van der Waals surface area contributed by atoms with Gasteiger partial charge in [0.05, 0.1) is 26.0 Å². The lowest BCUT2D eigenvalue weighted by atomic mass is 10.1. The average molecular weight is 282 g/mol. The van der Waals surface area contributed by atoms with E-state index in [1.54, 1.807) is 11.8 Å². The molecular weight excluding hydrogens is 260 g/mol. The molecule has 7 nitrogen and oxygen atoms in total. The van der Waals surface area contributed by atoms with Gasteiger partial charge in [-0.2, -0.15) is 0 Å². The number of esters is 1. The highest BCUT2D eigenvalue weighted by molar-refractivity contribution is 5.88. The van der Waals surface area contributed by atoms with Gasteiger partial charge >= 0.3 is 5.97 Å². The maximum atomic E-state index is 11.6. The van der Waals surface area contributed by atoms with Crippen LogP contribution >= 0.6 is 0 Å². The third-order valence-electron chi connectivity index (χ3n) is 3.57. The third kappa shape index (κ3) is 3.55. The minimum absolute atomic E-state index is 0.244. The molecule has 0 spiro atoms. The standard InChI is InChI=1S/C13H22N4O3/c1-19-10-11-12(13(18)20-2)14-15-17(11)9-8-16-6-4-3-5-7-16/h3-10H2,1-2H3. The molecule has 2 heterocycles. The Balaban J connectivity index is 2.02. The molecule has 0 N–H and O–H groups in total. The summed E-state index contributed by atoms with van der Waals surface area (Å²) >= 11 is 0. The van der Waals surface area contributed by atoms with E-state index >= 15 is 0 Å². The van der Waals surface area contributed by atoms with Crippen molar-refractivity contribution in [3.05, 3.63) is 11.4 Å². The first-order valence-electron chi connectivity index (χ1n) is 6.98. The van der Waals surface area contributed by atoms with Crippen LogP contribution in [-0.2, 0) is 22.6 Å². The molecule has 1 aromatic heterocycles. The van der Waals surface area contributed by atoms with E-state index in [1.165, 1.54) is 26.4 Å². The Labute approximate surface area is 118 Å². The molecule has 1 aromatic rings. The van der Waals surface area contributed by atoms with Crippen LogP contribution in [0, 0.1) is 0 Å². The van der Waals surface area contributed by atoms with Crippen molar-refractivity contribution in [1.29, 1.82) is 0 Å². The fourth-order valence-electron chi connectivity index (χ4n) is 2.47. The summed E-state index contributed by atoms with van der Waals surface area (Å²) in [6.45, 7) is 4.21. The number of carbonyl (C=O) groups is 1. The Morgan fingerprint density at radius 1 is 1.20 bits per heavy atom. The molecule has 112 valence electrons. The minimum atomic E-state index is -0.471. The lowest BCUT2D eigenvalue weighted by Crippen LogP contribution is -2.33. The molecule has 20 heavy (non-hydrogen) atoms. The number of likely N-dealkylation sites (tertiary alicyclic amines) is 1. The summed E-state index contributed by atoms with van der Waals surface area (Å²) < 4.78 is 11.6. The lowest BCUT2D eigenvalue weighted by Gasteiger charge is -2.26. The summed E-state index contributed by atoms with van der Waals surface area (Å²) in [4.78, 5) is 14.0. The summed E-state index contributed by atoms with van der Waals surface area (Å²) in [6.07, 6.45) is 3.84. The molecule has 0 saturated carbocycles. The Morgan fingerprint density at radius 3 is 2.60 bits per heavy atom. The highest BCUT2D eigenvalue weighted by atomic mass is 16.5. The van der Waals surface area contributed by atoms with Crippen molar-refractivity contribution in [1.82, 2.24) is 19.9 Å². The van der Waals surface area contributed by atoms with E-state index in [-0.39, 0.29) is 5.69 Å². The molecule has 1 aliphatic rings. The monoisotopic (exact) mass is 282 g/mol. The second-order valence-corrected chi connectivity index (χ2v) is 4.93. The number of hydrogen-bond acceptors (Lipinski definition) is 6. The van der Waals surface area contributed by atoms with Crippen LogP contribution in [-0.4, -0.2) is 59.7 Å². The first-order chi connectivity index (χ1) is 9.76. The van der Waals surface area contributed by atoms with Crippen molar-refractivity contribution >= 4 is 5.97 Å². The van der Waals surface area contributed by atoms with E-state index < -0.39 is 5.97 Å². The number of carbonyl (C=O) groups excluding carboxylic acids is 1. The molecule has 0 atom stereocenters. The highest BCUT2D eigenvalue weighted by Gasteiger charge is 2.20. The summed E-state index contributed by atoms with van der Waals surface area (Å²) in [5, 5.41) is 7.96. The molecular formula is C13H22N4O3. The zero-order chi connectivity index (χ0) is 14.4. The predicted molar refractivity (Wildman–Crippen MR) is 72.4 cm³/mol. The smallest absolute Gasteiger partial charge is 0.360 e. The van der Waals surface area contributed by atoms with Gasteiger partial charge in [0, 0.05) is 13.7 Å². The zero-order valence-electron chi connectivity index (χ0n) is 12.2. The number of hydrogen-bond donors (Lipinski definition) is 0. The first-order valence-corrected chi connectivity index (χ1v) is 6.98. The number of rotatable bonds is 6. The third-order valence-corrected chi connectivity index (χ3v) is 3.57. The number of piperidine rings is 1. The first kappa shape index (κ1) is 14.9. The van der Waals surface area contributed by atoms with Crippen molar-refractivity contribution in [3.63, 3.8) is 0 Å². The van der Waals surface area contributed by atoms with Gasteiger partial charge in [0.2, 0.25) is 0 Å². The molecule has 0 amide bonds. The number of ether oxygens (including phenoxy) is 2. The van der Waals surface area contributed by atoms with E-state index in [2.05, 4.69) is 15.2 Å². The van der Waals surface area contributed by atoms with E-state index in [0.717, 1.165) is 19.6 Å². The summed E-state index contributed by atoms with van der Waals surface area (Å²) in [6, 6.07) is 0. The van der Waals surface area contributed by atoms with Crippen LogP contribution in [0.15, 0.2) is 0 Å². The molecule has 0 aromatic carbocycles. The lowest BCUT2D eigenvalue weighted by molar-refractivity contribution is 0.0588. The predicted octanol–water partition coefficient (Wildman–Crippen LogP) is 0.697. The number of methoxy groups -OCH3 is 2. The molecule has 1 fully saturated rings. The van der Waals surface area contributed by atoms with E-state index in [1.807, 2.05) is 0 Å². The van der Waals surface area contributed by atoms with Crippen molar-refractivity contribution in [3.8, 4) is 0 Å². The van der Waals surface area contributed by atoms with Crippen LogP contribution in [0.2, 0.25) is 0 Å². The molecule has 0 radical (unpaired) electrons. The van der Waals surface area contributed by atoms with Gasteiger partial charge in [-0.05, 0) is 25.9 Å². The highest BCUT2D eigenvalue weighted by Crippen LogP contribution is 2.11. The SMILES string of the molecule is COCc1c(C(=O)OC)nnn1CCN1CCCCC1. The zero-order valence-corrected chi connectivity index (χ0v) is 12.2. The van der Waals surface area contributed by atoms with Crippen LogP contribution in [0.5, 0.6) is 0 Å². The number of nitrogens with zero attached hydrogens (tertiary/aromatic N) is 4. The molecule has 0 aliphatic carbocycles. The van der Waals surface area contributed by atoms with Gasteiger partial charge in [-0.25, -0.2) is 9.48 Å². The largest absolute Gasteiger partial charge is 0.464 e. The van der Waals surface area contributed by atoms with Gasteiger partial charge in [-0.15, -0.1) is 5.10 Å². The Hall–Kier alpha value is -1.47. The van der Waals surface area contributed by atoms with Crippen molar-refractivity contribution in [2.24, 2.45) is 0 Å². The van der Waals surface area contributed by atoms with Crippen LogP contribution in [0.4, 0.5) is 0 Å². The fraction of sp³-hybridized carbons (Fsp3) is 0.769. The van der Waals surface area contributed by atoms with Crippen molar-refractivity contribution in [2.75, 3.05) is 33.9 Å². The maximum absolute atomic E-state index is 11.6. The molecule has 1 aliphatic heterocycles. The second kappa shape index (κ2) is 7.35. The summed E-state index contributed by atoms with van der Waals surface area (Å²) in [5.41, 5.74) is 0.921. The van der Waals surface area contributed by atoms with Gasteiger partial charge in [0.1, 0.15) is 0 Å². The van der Waals surface area contributed by atoms with Crippen LogP contribution in [0.1, 0.15) is 35.4 Å². The van der Waals surface area contributed by atoms with Crippen molar-refractivity contribution < 1.29 is 14.3 Å². The Morgan fingerprint density at radius 2 is 1.95 bits per heavy atom. The molecule has 0 unspecified atom stereocenters. The van der Waals surface area contributed by atoms with Gasteiger partial charge in [-0.1, -0.05) is 11.6 Å². The van der Waals surface area contributed by atoms with E-state index in [0.29, 0.717) is 18.8 Å². The van der Waals surface area contributed by atoms with Gasteiger partial charge in [0.15, 0.2) is 5.69 Å². The molecule has 7 heteroatoms. The summed E-state index contributed by atoms with van der Waals surface area (Å²) in [5.74, 6) is -0.471. The fourth-order valence-corrected chi connectivity index (χ4v) is 2.47. The summed E-state index contributed by atoms with van der Waals surface area (Å²) in [7, 11) is 2.93. The van der Waals surface area contributed by atoms with Gasteiger partial charge in [-0.3, -0.25) is 0 Å². The molecule has 2 rings (SSSR count). The normalized spacial score (nSPS) is 16.3. The average Bonchev–Trinajstić information content (AvgIpc) is 2.89. The second-order valence-electron chi connectivity index (χ2n) is 4.93.